The molecule has 11 heavy (non-hydrogen) atoms. The minimum atomic E-state index is -0.116. The van der Waals surface area contributed by atoms with E-state index in [-0.39, 0.29) is 5.82 Å². The second-order valence-electron chi connectivity index (χ2n) is 2.97. The van der Waals surface area contributed by atoms with Crippen molar-refractivity contribution >= 4 is 0 Å². The Bertz CT molecular complexity index is 279. The van der Waals surface area contributed by atoms with Gasteiger partial charge in [0.1, 0.15) is 5.82 Å². The minimum absolute atomic E-state index is 0.116. The summed E-state index contributed by atoms with van der Waals surface area (Å²) in [4.78, 5) is 0. The van der Waals surface area contributed by atoms with Crippen LogP contribution >= 0.6 is 0 Å². The van der Waals surface area contributed by atoms with Crippen LogP contribution < -0.4 is 5.32 Å². The Morgan fingerprint density at radius 2 is 2.27 bits per heavy atom. The molecule has 2 rings (SSSR count). The third-order valence-electron chi connectivity index (χ3n) is 1.99. The lowest BCUT2D eigenvalue weighted by Gasteiger charge is -1.99. The predicted molar refractivity (Wildman–Crippen MR) is 41.9 cm³/mol. The van der Waals surface area contributed by atoms with Gasteiger partial charge in [-0.3, -0.25) is 0 Å². The molecule has 1 nitrogen and oxygen atoms in total. The molecule has 0 aliphatic carbocycles. The fourth-order valence-electron chi connectivity index (χ4n) is 1.18. The highest BCUT2D eigenvalue weighted by Gasteiger charge is 2.22. The van der Waals surface area contributed by atoms with Crippen molar-refractivity contribution in [3.8, 4) is 0 Å². The van der Waals surface area contributed by atoms with Gasteiger partial charge >= 0.3 is 0 Å². The third kappa shape index (κ3) is 1.26. The normalized spacial score (nSPS) is 21.8. The summed E-state index contributed by atoms with van der Waals surface area (Å²) >= 11 is 0. The highest BCUT2D eigenvalue weighted by atomic mass is 19.1. The molecule has 2 heteroatoms. The Kier molecular flexibility index (Phi) is 1.43. The summed E-state index contributed by atoms with van der Waals surface area (Å²) in [5, 5.41) is 3.17. The number of aryl methyl sites for hydroxylation is 1. The van der Waals surface area contributed by atoms with Crippen molar-refractivity contribution in [3.05, 3.63) is 35.1 Å². The first kappa shape index (κ1) is 6.80. The third-order valence-corrected chi connectivity index (χ3v) is 1.99. The van der Waals surface area contributed by atoms with E-state index >= 15 is 0 Å². The fraction of sp³-hybridized carbons (Fsp3) is 0.333. The van der Waals surface area contributed by atoms with Crippen LogP contribution in [0.5, 0.6) is 0 Å². The van der Waals surface area contributed by atoms with Crippen molar-refractivity contribution in [2.45, 2.75) is 13.0 Å². The van der Waals surface area contributed by atoms with Gasteiger partial charge in [-0.05, 0) is 24.1 Å². The number of halogens is 1. The molecule has 1 fully saturated rings. The van der Waals surface area contributed by atoms with Gasteiger partial charge in [0.2, 0.25) is 0 Å². The molecular formula is C9H10FN. The first-order valence-electron chi connectivity index (χ1n) is 3.77. The molecule has 0 amide bonds. The van der Waals surface area contributed by atoms with Crippen LogP contribution in [0.4, 0.5) is 4.39 Å². The predicted octanol–water partition coefficient (Wildman–Crippen LogP) is 1.78. The molecule has 0 unspecified atom stereocenters. The summed E-state index contributed by atoms with van der Waals surface area (Å²) in [6.07, 6.45) is 0. The van der Waals surface area contributed by atoms with E-state index in [4.69, 9.17) is 0 Å². The van der Waals surface area contributed by atoms with E-state index in [9.17, 15) is 4.39 Å². The van der Waals surface area contributed by atoms with Crippen LogP contribution in [0, 0.1) is 12.7 Å². The second kappa shape index (κ2) is 2.31. The molecule has 0 aromatic heterocycles. The van der Waals surface area contributed by atoms with Gasteiger partial charge in [-0.1, -0.05) is 12.1 Å². The van der Waals surface area contributed by atoms with Gasteiger partial charge in [-0.15, -0.1) is 0 Å². The molecule has 1 N–H and O–H groups in total. The Hall–Kier alpha value is -0.890. The molecule has 1 atom stereocenters. The van der Waals surface area contributed by atoms with Gasteiger partial charge in [0.25, 0.3) is 0 Å². The van der Waals surface area contributed by atoms with Crippen LogP contribution in [0.2, 0.25) is 0 Å². The van der Waals surface area contributed by atoms with Crippen molar-refractivity contribution in [2.75, 3.05) is 6.54 Å². The minimum Gasteiger partial charge on any atom is -0.307 e. The number of nitrogens with one attached hydrogen (secondary N) is 1. The molecule has 0 saturated carbocycles. The fourth-order valence-corrected chi connectivity index (χ4v) is 1.18. The summed E-state index contributed by atoms with van der Waals surface area (Å²) < 4.78 is 12.8. The molecule has 58 valence electrons. The van der Waals surface area contributed by atoms with Gasteiger partial charge in [0, 0.05) is 12.6 Å². The van der Waals surface area contributed by atoms with Crippen LogP contribution in [0.15, 0.2) is 18.2 Å². The lowest BCUT2D eigenvalue weighted by Crippen LogP contribution is -1.88. The lowest BCUT2D eigenvalue weighted by atomic mass is 10.1. The molecule has 1 aromatic carbocycles. The zero-order chi connectivity index (χ0) is 7.84. The maximum atomic E-state index is 12.8. The maximum absolute atomic E-state index is 12.8. The smallest absolute Gasteiger partial charge is 0.126 e. The molecule has 1 saturated heterocycles. The van der Waals surface area contributed by atoms with Crippen LogP contribution in [-0.2, 0) is 0 Å². The van der Waals surface area contributed by atoms with E-state index in [1.807, 2.05) is 12.1 Å². The molecule has 1 aliphatic heterocycles. The van der Waals surface area contributed by atoms with Gasteiger partial charge < -0.3 is 5.32 Å². The highest BCUT2D eigenvalue weighted by Crippen LogP contribution is 2.22. The van der Waals surface area contributed by atoms with E-state index in [0.717, 1.165) is 12.1 Å². The molecule has 1 aromatic rings. The quantitative estimate of drug-likeness (QED) is 0.607. The monoisotopic (exact) mass is 151 g/mol. The number of hydrogen-bond donors (Lipinski definition) is 1. The molecule has 0 radical (unpaired) electrons. The molecule has 0 bridgehead atoms. The largest absolute Gasteiger partial charge is 0.307 e. The summed E-state index contributed by atoms with van der Waals surface area (Å²) in [5.74, 6) is -0.116. The van der Waals surface area contributed by atoms with E-state index in [2.05, 4.69) is 5.32 Å². The number of rotatable bonds is 1. The molecular weight excluding hydrogens is 141 g/mol. The van der Waals surface area contributed by atoms with Gasteiger partial charge in [0.15, 0.2) is 0 Å². The summed E-state index contributed by atoms with van der Waals surface area (Å²) in [5.41, 5.74) is 1.93. The summed E-state index contributed by atoms with van der Waals surface area (Å²) in [6.45, 7) is 2.83. The van der Waals surface area contributed by atoms with Crippen LogP contribution in [0.1, 0.15) is 17.2 Å². The van der Waals surface area contributed by atoms with Crippen LogP contribution in [-0.4, -0.2) is 6.54 Å². The molecule has 1 aliphatic rings. The van der Waals surface area contributed by atoms with Gasteiger partial charge in [-0.25, -0.2) is 4.39 Å². The Morgan fingerprint density at radius 3 is 2.82 bits per heavy atom. The average Bonchev–Trinajstić information content (AvgIpc) is 2.77. The van der Waals surface area contributed by atoms with Crippen molar-refractivity contribution in [1.29, 1.82) is 0 Å². The van der Waals surface area contributed by atoms with E-state index in [0.29, 0.717) is 6.04 Å². The number of benzene rings is 1. The van der Waals surface area contributed by atoms with Crippen molar-refractivity contribution in [1.82, 2.24) is 5.32 Å². The van der Waals surface area contributed by atoms with E-state index < -0.39 is 0 Å². The van der Waals surface area contributed by atoms with Crippen LogP contribution in [0.25, 0.3) is 0 Å². The van der Waals surface area contributed by atoms with E-state index in [1.165, 1.54) is 11.6 Å². The topological polar surface area (TPSA) is 21.9 Å². The Morgan fingerprint density at radius 1 is 1.55 bits per heavy atom. The average molecular weight is 151 g/mol. The van der Waals surface area contributed by atoms with Gasteiger partial charge in [-0.2, -0.15) is 0 Å². The number of hydrogen-bond acceptors (Lipinski definition) is 1. The second-order valence-corrected chi connectivity index (χ2v) is 2.97. The van der Waals surface area contributed by atoms with Crippen molar-refractivity contribution < 1.29 is 4.39 Å². The van der Waals surface area contributed by atoms with Crippen LogP contribution in [0.3, 0.4) is 0 Å². The zero-order valence-corrected chi connectivity index (χ0v) is 6.39. The van der Waals surface area contributed by atoms with Crippen molar-refractivity contribution in [3.63, 3.8) is 0 Å². The summed E-state index contributed by atoms with van der Waals surface area (Å²) in [7, 11) is 0. The first-order valence-corrected chi connectivity index (χ1v) is 3.77. The standard InChI is InChI=1S/C9H10FN/c1-6-4-7(9-5-11-9)2-3-8(6)10/h2-4,9,11H,5H2,1H3/t9-/m1/s1. The van der Waals surface area contributed by atoms with Crippen molar-refractivity contribution in [2.24, 2.45) is 0 Å². The SMILES string of the molecule is Cc1cc([C@H]2CN2)ccc1F. The van der Waals surface area contributed by atoms with E-state index in [1.54, 1.807) is 6.92 Å². The first-order chi connectivity index (χ1) is 5.27. The zero-order valence-electron chi connectivity index (χ0n) is 6.39. The lowest BCUT2D eigenvalue weighted by molar-refractivity contribution is 0.617. The highest BCUT2D eigenvalue weighted by molar-refractivity contribution is 5.29. The molecule has 1 heterocycles. The molecule has 0 spiro atoms. The van der Waals surface area contributed by atoms with Gasteiger partial charge in [0.05, 0.1) is 0 Å². The summed E-state index contributed by atoms with van der Waals surface area (Å²) in [6, 6.07) is 5.76. The Balaban J connectivity index is 2.36. The maximum Gasteiger partial charge on any atom is 0.126 e. The Labute approximate surface area is 65.2 Å².